The molecule has 1 aromatic heterocycles. The summed E-state index contributed by atoms with van der Waals surface area (Å²) in [6.45, 7) is 1.41. The molecule has 2 atom stereocenters. The largest absolute Gasteiger partial charge is 0.497 e. The van der Waals surface area contributed by atoms with Crippen molar-refractivity contribution in [3.8, 4) is 11.5 Å². The molecule has 1 aliphatic rings. The van der Waals surface area contributed by atoms with Crippen LogP contribution in [0.4, 0.5) is 0 Å². The predicted octanol–water partition coefficient (Wildman–Crippen LogP) is 2.46. The van der Waals surface area contributed by atoms with Gasteiger partial charge in [-0.25, -0.2) is 10.4 Å². The van der Waals surface area contributed by atoms with Gasteiger partial charge < -0.3 is 19.2 Å². The highest BCUT2D eigenvalue weighted by molar-refractivity contribution is 5.91. The van der Waals surface area contributed by atoms with E-state index in [4.69, 9.17) is 13.9 Å². The van der Waals surface area contributed by atoms with E-state index < -0.39 is 0 Å². The first-order valence-corrected chi connectivity index (χ1v) is 9.75. The van der Waals surface area contributed by atoms with Gasteiger partial charge in [-0.2, -0.15) is 0 Å². The van der Waals surface area contributed by atoms with Crippen LogP contribution in [0.5, 0.6) is 11.5 Å². The molecule has 0 saturated carbocycles. The van der Waals surface area contributed by atoms with E-state index in [9.17, 15) is 4.79 Å². The first-order valence-electron chi connectivity index (χ1n) is 9.75. The number of hydrogen-bond donors (Lipinski definition) is 3. The minimum absolute atomic E-state index is 0.131. The summed E-state index contributed by atoms with van der Waals surface area (Å²) in [5, 5.41) is 2.94. The zero-order valence-corrected chi connectivity index (χ0v) is 16.6. The third kappa shape index (κ3) is 4.79. The SMILES string of the molecule is COc1ccc(OCc2nc(C(=O)NCC3CNNC3c3ccccc3)co2)cc1. The normalized spacial score (nSPS) is 18.2. The Bertz CT molecular complexity index is 959. The van der Waals surface area contributed by atoms with Crippen LogP contribution in [0.1, 0.15) is 28.0 Å². The molecular formula is C22H24N4O4. The molecule has 30 heavy (non-hydrogen) atoms. The predicted molar refractivity (Wildman–Crippen MR) is 110 cm³/mol. The Hall–Kier alpha value is -3.36. The van der Waals surface area contributed by atoms with E-state index in [2.05, 4.69) is 33.3 Å². The van der Waals surface area contributed by atoms with Crippen molar-refractivity contribution in [2.24, 2.45) is 5.92 Å². The smallest absolute Gasteiger partial charge is 0.273 e. The van der Waals surface area contributed by atoms with Gasteiger partial charge in [-0.05, 0) is 29.8 Å². The first-order chi connectivity index (χ1) is 14.7. The summed E-state index contributed by atoms with van der Waals surface area (Å²) in [5.41, 5.74) is 7.85. The molecule has 1 fully saturated rings. The number of carbonyl (C=O) groups excluding carboxylic acids is 1. The molecule has 1 amide bonds. The van der Waals surface area contributed by atoms with E-state index in [-0.39, 0.29) is 30.2 Å². The lowest BCUT2D eigenvalue weighted by atomic mass is 9.95. The minimum atomic E-state index is -0.270. The third-order valence-electron chi connectivity index (χ3n) is 4.98. The number of oxazole rings is 1. The monoisotopic (exact) mass is 408 g/mol. The first kappa shape index (κ1) is 19.9. The van der Waals surface area contributed by atoms with E-state index in [0.717, 1.165) is 12.3 Å². The van der Waals surface area contributed by atoms with E-state index in [1.54, 1.807) is 31.4 Å². The van der Waals surface area contributed by atoms with Crippen LogP contribution >= 0.6 is 0 Å². The van der Waals surface area contributed by atoms with Crippen molar-refractivity contribution in [2.45, 2.75) is 12.6 Å². The minimum Gasteiger partial charge on any atom is -0.497 e. The van der Waals surface area contributed by atoms with Gasteiger partial charge in [0.2, 0.25) is 5.89 Å². The molecule has 2 heterocycles. The number of rotatable bonds is 8. The molecular weight excluding hydrogens is 384 g/mol. The van der Waals surface area contributed by atoms with Crippen LogP contribution in [-0.2, 0) is 6.61 Å². The van der Waals surface area contributed by atoms with Gasteiger partial charge in [-0.3, -0.25) is 10.2 Å². The molecule has 8 heteroatoms. The van der Waals surface area contributed by atoms with Crippen molar-refractivity contribution < 1.29 is 18.7 Å². The second-order valence-electron chi connectivity index (χ2n) is 6.97. The molecule has 1 saturated heterocycles. The second-order valence-corrected chi connectivity index (χ2v) is 6.97. The molecule has 1 aliphatic heterocycles. The van der Waals surface area contributed by atoms with E-state index in [1.165, 1.54) is 11.8 Å². The average molecular weight is 408 g/mol. The van der Waals surface area contributed by atoms with Crippen LogP contribution in [0.3, 0.4) is 0 Å². The molecule has 156 valence electrons. The van der Waals surface area contributed by atoms with Gasteiger partial charge in [-0.15, -0.1) is 0 Å². The van der Waals surface area contributed by atoms with Crippen molar-refractivity contribution in [2.75, 3.05) is 20.2 Å². The van der Waals surface area contributed by atoms with Crippen molar-refractivity contribution in [3.63, 3.8) is 0 Å². The topological polar surface area (TPSA) is 97.7 Å². The summed E-state index contributed by atoms with van der Waals surface area (Å²) >= 11 is 0. The van der Waals surface area contributed by atoms with Gasteiger partial charge in [0.25, 0.3) is 5.91 Å². The second kappa shape index (κ2) is 9.43. The fourth-order valence-corrected chi connectivity index (χ4v) is 3.35. The number of nitrogens with zero attached hydrogens (tertiary/aromatic N) is 1. The summed E-state index contributed by atoms with van der Waals surface area (Å²) in [4.78, 5) is 16.7. The molecule has 4 rings (SSSR count). The molecule has 0 radical (unpaired) electrons. The molecule has 0 bridgehead atoms. The number of benzene rings is 2. The molecule has 2 aromatic carbocycles. The Morgan fingerprint density at radius 1 is 1.17 bits per heavy atom. The fraction of sp³-hybridized carbons (Fsp3) is 0.273. The van der Waals surface area contributed by atoms with Crippen molar-refractivity contribution in [1.29, 1.82) is 0 Å². The maximum absolute atomic E-state index is 12.5. The van der Waals surface area contributed by atoms with E-state index >= 15 is 0 Å². The van der Waals surface area contributed by atoms with E-state index in [0.29, 0.717) is 18.2 Å². The lowest BCUT2D eigenvalue weighted by molar-refractivity contribution is 0.0941. The highest BCUT2D eigenvalue weighted by Gasteiger charge is 2.28. The number of hydrazine groups is 1. The molecule has 8 nitrogen and oxygen atoms in total. The number of aromatic nitrogens is 1. The van der Waals surface area contributed by atoms with Crippen LogP contribution < -0.4 is 25.6 Å². The summed E-state index contributed by atoms with van der Waals surface area (Å²) in [6, 6.07) is 17.5. The van der Waals surface area contributed by atoms with Gasteiger partial charge in [0.15, 0.2) is 12.3 Å². The number of methoxy groups -OCH3 is 1. The lowest BCUT2D eigenvalue weighted by Gasteiger charge is -2.18. The zero-order valence-electron chi connectivity index (χ0n) is 16.6. The van der Waals surface area contributed by atoms with Crippen LogP contribution in [0, 0.1) is 5.92 Å². The fourth-order valence-electron chi connectivity index (χ4n) is 3.35. The van der Waals surface area contributed by atoms with Crippen molar-refractivity contribution >= 4 is 5.91 Å². The highest BCUT2D eigenvalue weighted by atomic mass is 16.5. The Morgan fingerprint density at radius 2 is 1.93 bits per heavy atom. The quantitative estimate of drug-likeness (QED) is 0.527. The number of ether oxygens (including phenoxy) is 2. The molecule has 0 spiro atoms. The number of amides is 1. The van der Waals surface area contributed by atoms with Crippen LogP contribution in [-0.4, -0.2) is 31.1 Å². The third-order valence-corrected chi connectivity index (χ3v) is 4.98. The van der Waals surface area contributed by atoms with Gasteiger partial charge in [0.1, 0.15) is 17.8 Å². The summed E-state index contributed by atoms with van der Waals surface area (Å²) in [5.74, 6) is 1.70. The van der Waals surface area contributed by atoms with E-state index in [1.807, 2.05) is 18.2 Å². The van der Waals surface area contributed by atoms with Crippen molar-refractivity contribution in [3.05, 3.63) is 78.0 Å². The maximum atomic E-state index is 12.5. The Labute approximate surface area is 174 Å². The average Bonchev–Trinajstić information content (AvgIpc) is 3.47. The van der Waals surface area contributed by atoms with Gasteiger partial charge in [0.05, 0.1) is 13.2 Å². The van der Waals surface area contributed by atoms with Crippen LogP contribution in [0.15, 0.2) is 65.3 Å². The molecule has 2 unspecified atom stereocenters. The van der Waals surface area contributed by atoms with Crippen LogP contribution in [0.2, 0.25) is 0 Å². The summed E-state index contributed by atoms with van der Waals surface area (Å²) in [7, 11) is 1.61. The molecule has 0 aliphatic carbocycles. The van der Waals surface area contributed by atoms with Gasteiger partial charge in [-0.1, -0.05) is 30.3 Å². The summed E-state index contributed by atoms with van der Waals surface area (Å²) < 4.78 is 16.1. The Balaban J connectivity index is 1.28. The summed E-state index contributed by atoms with van der Waals surface area (Å²) in [6.07, 6.45) is 1.35. The van der Waals surface area contributed by atoms with Crippen LogP contribution in [0.25, 0.3) is 0 Å². The number of nitrogens with one attached hydrogen (secondary N) is 3. The van der Waals surface area contributed by atoms with Gasteiger partial charge in [0, 0.05) is 19.0 Å². The Morgan fingerprint density at radius 3 is 2.70 bits per heavy atom. The Kier molecular flexibility index (Phi) is 6.26. The molecule has 3 N–H and O–H groups in total. The van der Waals surface area contributed by atoms with Gasteiger partial charge >= 0.3 is 0 Å². The number of hydrogen-bond acceptors (Lipinski definition) is 7. The highest BCUT2D eigenvalue weighted by Crippen LogP contribution is 2.24. The lowest BCUT2D eigenvalue weighted by Crippen LogP contribution is -2.33. The number of carbonyl (C=O) groups is 1. The molecule has 3 aromatic rings. The van der Waals surface area contributed by atoms with Crippen molar-refractivity contribution in [1.82, 2.24) is 21.2 Å². The maximum Gasteiger partial charge on any atom is 0.273 e. The zero-order chi connectivity index (χ0) is 20.8. The standard InChI is InChI=1S/C22H24N4O4/c1-28-17-7-9-18(10-8-17)29-14-20-25-19(13-30-20)22(27)23-11-16-12-24-26-21(16)15-5-3-2-4-6-15/h2-10,13,16,21,24,26H,11-12,14H2,1H3,(H,23,27).